The largest absolute Gasteiger partial charge is 0.468 e. The van der Waals surface area contributed by atoms with Crippen LogP contribution in [0.1, 0.15) is 6.92 Å². The summed E-state index contributed by atoms with van der Waals surface area (Å²) in [5.41, 5.74) is 0.938. The zero-order chi connectivity index (χ0) is 13.8. The van der Waals surface area contributed by atoms with Crippen molar-refractivity contribution in [1.29, 1.82) is 0 Å². The SMILES string of the molecule is COC(=O)[C@H](C)Sc1n[nH]c(-c2ccc(Br)cc2)n1. The Balaban J connectivity index is 2.11. The van der Waals surface area contributed by atoms with E-state index >= 15 is 0 Å². The number of benzene rings is 1. The van der Waals surface area contributed by atoms with Crippen LogP contribution >= 0.6 is 27.7 Å². The molecule has 0 fully saturated rings. The Labute approximate surface area is 123 Å². The molecule has 0 amide bonds. The number of methoxy groups -OCH3 is 1. The number of aromatic nitrogens is 3. The Morgan fingerprint density at radius 1 is 1.42 bits per heavy atom. The van der Waals surface area contributed by atoms with E-state index in [1.54, 1.807) is 6.92 Å². The molecule has 0 aliphatic heterocycles. The van der Waals surface area contributed by atoms with Crippen molar-refractivity contribution in [2.75, 3.05) is 7.11 Å². The zero-order valence-electron chi connectivity index (χ0n) is 10.4. The maximum Gasteiger partial charge on any atom is 0.318 e. The van der Waals surface area contributed by atoms with E-state index in [4.69, 9.17) is 0 Å². The van der Waals surface area contributed by atoms with E-state index in [1.165, 1.54) is 18.9 Å². The molecule has 1 heterocycles. The average Bonchev–Trinajstić information content (AvgIpc) is 2.87. The number of carbonyl (C=O) groups excluding carboxylic acids is 1. The molecular formula is C12H12BrN3O2S. The summed E-state index contributed by atoms with van der Waals surface area (Å²) in [6.45, 7) is 1.76. The quantitative estimate of drug-likeness (QED) is 0.684. The van der Waals surface area contributed by atoms with E-state index in [0.29, 0.717) is 11.0 Å². The second kappa shape index (κ2) is 6.21. The van der Waals surface area contributed by atoms with E-state index in [-0.39, 0.29) is 11.2 Å². The Morgan fingerprint density at radius 2 is 2.11 bits per heavy atom. The monoisotopic (exact) mass is 341 g/mol. The molecule has 2 aromatic rings. The number of hydrogen-bond acceptors (Lipinski definition) is 5. The number of thioether (sulfide) groups is 1. The summed E-state index contributed by atoms with van der Waals surface area (Å²) in [7, 11) is 1.37. The molecule has 0 unspecified atom stereocenters. The minimum Gasteiger partial charge on any atom is -0.468 e. The predicted octanol–water partition coefficient (Wildman–Crippen LogP) is 2.89. The molecule has 7 heteroatoms. The highest BCUT2D eigenvalue weighted by molar-refractivity contribution is 9.10. The van der Waals surface area contributed by atoms with Gasteiger partial charge in [-0.15, -0.1) is 5.10 Å². The van der Waals surface area contributed by atoms with Gasteiger partial charge in [0.15, 0.2) is 5.82 Å². The van der Waals surface area contributed by atoms with Crippen LogP contribution in [0.3, 0.4) is 0 Å². The smallest absolute Gasteiger partial charge is 0.318 e. The van der Waals surface area contributed by atoms with Gasteiger partial charge in [0.2, 0.25) is 5.16 Å². The van der Waals surface area contributed by atoms with Gasteiger partial charge in [0.25, 0.3) is 0 Å². The van der Waals surface area contributed by atoms with Crippen LogP contribution in [0.5, 0.6) is 0 Å². The van der Waals surface area contributed by atoms with Gasteiger partial charge >= 0.3 is 5.97 Å². The van der Waals surface area contributed by atoms with Gasteiger partial charge < -0.3 is 4.74 Å². The van der Waals surface area contributed by atoms with Crippen molar-refractivity contribution in [1.82, 2.24) is 15.2 Å². The van der Waals surface area contributed by atoms with Gasteiger partial charge in [-0.25, -0.2) is 4.98 Å². The first-order valence-corrected chi connectivity index (χ1v) is 7.20. The van der Waals surface area contributed by atoms with Crippen LogP contribution in [0.25, 0.3) is 11.4 Å². The number of halogens is 1. The molecule has 100 valence electrons. The third-order valence-electron chi connectivity index (χ3n) is 2.40. The predicted molar refractivity (Wildman–Crippen MR) is 76.9 cm³/mol. The highest BCUT2D eigenvalue weighted by Crippen LogP contribution is 2.24. The first-order valence-electron chi connectivity index (χ1n) is 5.53. The number of nitrogens with zero attached hydrogens (tertiary/aromatic N) is 2. The van der Waals surface area contributed by atoms with Gasteiger partial charge in [0, 0.05) is 10.0 Å². The number of ether oxygens (including phenoxy) is 1. The molecule has 0 aliphatic carbocycles. The number of rotatable bonds is 4. The Hall–Kier alpha value is -1.34. The average molecular weight is 342 g/mol. The number of esters is 1. The van der Waals surface area contributed by atoms with Crippen molar-refractivity contribution in [3.8, 4) is 11.4 Å². The second-order valence-corrected chi connectivity index (χ2v) is 5.98. The normalized spacial score (nSPS) is 12.2. The molecule has 1 aromatic heterocycles. The molecule has 2 rings (SSSR count). The standard InChI is InChI=1S/C12H12BrN3O2S/c1-7(11(17)18-2)19-12-14-10(15-16-12)8-3-5-9(13)6-4-8/h3-7H,1-2H3,(H,14,15,16)/t7-/m0/s1. The lowest BCUT2D eigenvalue weighted by Crippen LogP contribution is -2.14. The zero-order valence-corrected chi connectivity index (χ0v) is 12.8. The number of aromatic amines is 1. The summed E-state index contributed by atoms with van der Waals surface area (Å²) in [6, 6.07) is 7.73. The lowest BCUT2D eigenvalue weighted by molar-refractivity contribution is -0.139. The van der Waals surface area contributed by atoms with Gasteiger partial charge in [0.05, 0.1) is 7.11 Å². The number of nitrogens with one attached hydrogen (secondary N) is 1. The third-order valence-corrected chi connectivity index (χ3v) is 3.87. The van der Waals surface area contributed by atoms with Crippen LogP contribution in [-0.4, -0.2) is 33.5 Å². The number of hydrogen-bond donors (Lipinski definition) is 1. The molecule has 19 heavy (non-hydrogen) atoms. The Kier molecular flexibility index (Phi) is 4.60. The summed E-state index contributed by atoms with van der Waals surface area (Å²) in [5, 5.41) is 7.12. The minimum absolute atomic E-state index is 0.292. The second-order valence-electron chi connectivity index (χ2n) is 3.76. The minimum atomic E-state index is -0.335. The van der Waals surface area contributed by atoms with Crippen molar-refractivity contribution in [2.45, 2.75) is 17.3 Å². The summed E-state index contributed by atoms with van der Waals surface area (Å²) < 4.78 is 5.66. The fraction of sp³-hybridized carbons (Fsp3) is 0.250. The van der Waals surface area contributed by atoms with Crippen molar-refractivity contribution >= 4 is 33.7 Å². The van der Waals surface area contributed by atoms with Gasteiger partial charge in [-0.05, 0) is 19.1 Å². The van der Waals surface area contributed by atoms with Crippen molar-refractivity contribution in [2.24, 2.45) is 0 Å². The number of H-pyrrole nitrogens is 1. The van der Waals surface area contributed by atoms with Crippen LogP contribution in [-0.2, 0) is 9.53 Å². The molecule has 1 aromatic carbocycles. The summed E-state index contributed by atoms with van der Waals surface area (Å²) >= 11 is 4.64. The van der Waals surface area contributed by atoms with Crippen molar-refractivity contribution < 1.29 is 9.53 Å². The summed E-state index contributed by atoms with van der Waals surface area (Å²) in [6.07, 6.45) is 0. The summed E-state index contributed by atoms with van der Waals surface area (Å²) in [5.74, 6) is 0.382. The fourth-order valence-electron chi connectivity index (χ4n) is 1.41. The molecule has 0 radical (unpaired) electrons. The van der Waals surface area contributed by atoms with Crippen LogP contribution < -0.4 is 0 Å². The van der Waals surface area contributed by atoms with Crippen molar-refractivity contribution in [3.05, 3.63) is 28.7 Å². The van der Waals surface area contributed by atoms with Crippen LogP contribution in [0.2, 0.25) is 0 Å². The van der Waals surface area contributed by atoms with E-state index in [1.807, 2.05) is 24.3 Å². The molecular weight excluding hydrogens is 330 g/mol. The lowest BCUT2D eigenvalue weighted by atomic mass is 10.2. The van der Waals surface area contributed by atoms with Crippen molar-refractivity contribution in [3.63, 3.8) is 0 Å². The molecule has 1 atom stereocenters. The molecule has 0 saturated heterocycles. The highest BCUT2D eigenvalue weighted by atomic mass is 79.9. The fourth-order valence-corrected chi connectivity index (χ4v) is 2.42. The van der Waals surface area contributed by atoms with Crippen LogP contribution in [0, 0.1) is 0 Å². The maximum atomic E-state index is 11.3. The number of carbonyl (C=O) groups is 1. The third kappa shape index (κ3) is 3.57. The molecule has 0 aliphatic rings. The van der Waals surface area contributed by atoms with Crippen LogP contribution in [0.15, 0.2) is 33.9 Å². The summed E-state index contributed by atoms with van der Waals surface area (Å²) in [4.78, 5) is 15.7. The molecule has 0 saturated carbocycles. The lowest BCUT2D eigenvalue weighted by Gasteiger charge is -2.04. The Morgan fingerprint density at radius 3 is 2.74 bits per heavy atom. The molecule has 1 N–H and O–H groups in total. The van der Waals surface area contributed by atoms with Gasteiger partial charge in [-0.1, -0.05) is 39.8 Å². The van der Waals surface area contributed by atoms with E-state index in [2.05, 4.69) is 35.8 Å². The first kappa shape index (κ1) is 14.1. The molecule has 5 nitrogen and oxygen atoms in total. The van der Waals surface area contributed by atoms with Gasteiger partial charge in [-0.3, -0.25) is 9.89 Å². The van der Waals surface area contributed by atoms with Crippen LogP contribution in [0.4, 0.5) is 0 Å². The van der Waals surface area contributed by atoms with Gasteiger partial charge in [0.1, 0.15) is 5.25 Å². The van der Waals surface area contributed by atoms with E-state index in [0.717, 1.165) is 10.0 Å². The Bertz CT molecular complexity index is 571. The molecule has 0 spiro atoms. The van der Waals surface area contributed by atoms with Gasteiger partial charge in [-0.2, -0.15) is 0 Å². The molecule has 0 bridgehead atoms. The maximum absolute atomic E-state index is 11.3. The highest BCUT2D eigenvalue weighted by Gasteiger charge is 2.17. The van der Waals surface area contributed by atoms with E-state index in [9.17, 15) is 4.79 Å². The topological polar surface area (TPSA) is 67.9 Å². The first-order chi connectivity index (χ1) is 9.10. The van der Waals surface area contributed by atoms with E-state index < -0.39 is 0 Å².